The van der Waals surface area contributed by atoms with E-state index in [0.717, 1.165) is 40.7 Å². The van der Waals surface area contributed by atoms with Crippen LogP contribution in [0.1, 0.15) is 55.7 Å². The molecule has 11 heteroatoms. The first-order chi connectivity index (χ1) is 18.5. The van der Waals surface area contributed by atoms with Crippen LogP contribution < -0.4 is 16.0 Å². The molecule has 2 aliphatic heterocycles. The van der Waals surface area contributed by atoms with Crippen molar-refractivity contribution in [2.45, 2.75) is 64.6 Å². The molecular formula is C28H34N8O3. The summed E-state index contributed by atoms with van der Waals surface area (Å²) < 4.78 is 11.3. The maximum absolute atomic E-state index is 12.6. The Kier molecular flexibility index (Phi) is 7.01. The molecule has 2 bridgehead atoms. The van der Waals surface area contributed by atoms with Gasteiger partial charge in [0.25, 0.3) is 0 Å². The van der Waals surface area contributed by atoms with Gasteiger partial charge in [-0.25, -0.2) is 9.78 Å². The van der Waals surface area contributed by atoms with E-state index in [9.17, 15) is 10.1 Å². The van der Waals surface area contributed by atoms with Crippen LogP contribution in [0.25, 0.3) is 10.8 Å². The second-order valence-corrected chi connectivity index (χ2v) is 11.2. The van der Waals surface area contributed by atoms with Gasteiger partial charge in [0, 0.05) is 30.6 Å². The highest BCUT2D eigenvalue weighted by atomic mass is 16.6. The molecule has 2 aromatic heterocycles. The van der Waals surface area contributed by atoms with Crippen molar-refractivity contribution in [2.75, 3.05) is 30.4 Å². The van der Waals surface area contributed by atoms with Crippen LogP contribution in [0.4, 0.5) is 16.4 Å². The molecule has 1 aromatic carbocycles. The highest BCUT2D eigenvalue weighted by Gasteiger charge is 2.39. The van der Waals surface area contributed by atoms with Gasteiger partial charge in [-0.3, -0.25) is 0 Å². The van der Waals surface area contributed by atoms with E-state index in [1.165, 1.54) is 4.90 Å². The zero-order valence-electron chi connectivity index (χ0n) is 22.9. The van der Waals surface area contributed by atoms with Crippen molar-refractivity contribution in [3.8, 4) is 6.07 Å². The predicted molar refractivity (Wildman–Crippen MR) is 147 cm³/mol. The van der Waals surface area contributed by atoms with Crippen LogP contribution in [-0.4, -0.2) is 64.1 Å². The number of hydrogen-bond donors (Lipinski definition) is 2. The number of amides is 1. The van der Waals surface area contributed by atoms with Gasteiger partial charge in [-0.05, 0) is 57.4 Å². The molecule has 3 N–H and O–H groups in total. The van der Waals surface area contributed by atoms with Gasteiger partial charge in [0.15, 0.2) is 5.82 Å². The average Bonchev–Trinajstić information content (AvgIpc) is 3.53. The van der Waals surface area contributed by atoms with E-state index in [-0.39, 0.29) is 12.6 Å². The fourth-order valence-electron chi connectivity index (χ4n) is 5.11. The van der Waals surface area contributed by atoms with E-state index < -0.39 is 17.9 Å². The fourth-order valence-corrected chi connectivity index (χ4v) is 5.11. The number of morpholine rings is 1. The Morgan fingerprint density at radius 3 is 2.82 bits per heavy atom. The number of carbonyl (C=O) groups excluding carboxylic acids is 1. The lowest BCUT2D eigenvalue weighted by atomic mass is 10.0. The van der Waals surface area contributed by atoms with Crippen molar-refractivity contribution in [1.82, 2.24) is 20.1 Å². The smallest absolute Gasteiger partial charge is 0.410 e. The zero-order chi connectivity index (χ0) is 27.9. The second kappa shape index (κ2) is 10.3. The molecule has 11 nitrogen and oxygen atoms in total. The molecule has 0 aliphatic carbocycles. The lowest BCUT2D eigenvalue weighted by molar-refractivity contribution is 0.0283. The van der Waals surface area contributed by atoms with E-state index >= 15 is 0 Å². The molecule has 3 atom stereocenters. The number of nitriles is 1. The Balaban J connectivity index is 1.51. The van der Waals surface area contributed by atoms with Gasteiger partial charge in [-0.15, -0.1) is 5.10 Å². The average molecular weight is 531 g/mol. The number of nitrogens with zero attached hydrogens (tertiary/aromatic N) is 6. The van der Waals surface area contributed by atoms with E-state index in [1.54, 1.807) is 19.3 Å². The highest BCUT2D eigenvalue weighted by molar-refractivity contribution is 5.94. The van der Waals surface area contributed by atoms with Crippen molar-refractivity contribution in [1.29, 1.82) is 5.26 Å². The third-order valence-corrected chi connectivity index (χ3v) is 7.14. The molecule has 0 spiro atoms. The third kappa shape index (κ3) is 5.44. The Morgan fingerprint density at radius 2 is 2.15 bits per heavy atom. The summed E-state index contributed by atoms with van der Waals surface area (Å²) in [7, 11) is 1.66. The summed E-state index contributed by atoms with van der Waals surface area (Å²) in [4.78, 5) is 21.1. The van der Waals surface area contributed by atoms with Gasteiger partial charge in [-0.1, -0.05) is 12.1 Å². The van der Waals surface area contributed by atoms with Gasteiger partial charge < -0.3 is 30.3 Å². The number of ether oxygens (including phenoxy) is 2. The van der Waals surface area contributed by atoms with Crippen molar-refractivity contribution in [3.05, 3.63) is 52.8 Å². The molecule has 39 heavy (non-hydrogen) atoms. The van der Waals surface area contributed by atoms with Crippen LogP contribution in [0.15, 0.2) is 30.5 Å². The summed E-state index contributed by atoms with van der Waals surface area (Å²) in [6.45, 7) is 9.03. The van der Waals surface area contributed by atoms with Crippen molar-refractivity contribution >= 4 is 28.5 Å². The fraction of sp³-hybridized carbons (Fsp3) is 0.464. The topological polar surface area (TPSA) is 143 Å². The summed E-state index contributed by atoms with van der Waals surface area (Å²) in [6.07, 6.45) is 1.92. The lowest BCUT2D eigenvalue weighted by Gasteiger charge is -2.28. The first-order valence-electron chi connectivity index (χ1n) is 13.0. The number of nitrogens with one attached hydrogen (secondary N) is 1. The molecule has 3 aromatic rings. The largest absolute Gasteiger partial charge is 0.444 e. The van der Waals surface area contributed by atoms with Crippen LogP contribution in [0.5, 0.6) is 0 Å². The number of hydrogen-bond acceptors (Lipinski definition) is 10. The Morgan fingerprint density at radius 1 is 1.36 bits per heavy atom. The number of aromatic nitrogens is 3. The molecule has 2 saturated heterocycles. The molecule has 0 unspecified atom stereocenters. The number of carbonyl (C=O) groups is 1. The number of fused-ring (bicyclic) bond motifs is 3. The van der Waals surface area contributed by atoms with Crippen LogP contribution >= 0.6 is 0 Å². The number of anilines is 2. The molecular weight excluding hydrogens is 496 g/mol. The lowest BCUT2D eigenvalue weighted by Crippen LogP contribution is -2.37. The summed E-state index contributed by atoms with van der Waals surface area (Å²) in [5.41, 5.74) is 8.72. The molecule has 0 radical (unpaired) electrons. The maximum Gasteiger partial charge on any atom is 0.410 e. The molecule has 0 saturated carbocycles. The zero-order valence-corrected chi connectivity index (χ0v) is 22.9. The third-order valence-electron chi connectivity index (χ3n) is 7.14. The van der Waals surface area contributed by atoms with Gasteiger partial charge >= 0.3 is 6.09 Å². The number of rotatable bonds is 6. The summed E-state index contributed by atoms with van der Waals surface area (Å²) in [5, 5.41) is 23.2. The van der Waals surface area contributed by atoms with Crippen molar-refractivity contribution < 1.29 is 14.3 Å². The van der Waals surface area contributed by atoms with Crippen molar-refractivity contribution in [3.63, 3.8) is 0 Å². The SMILES string of the molecule is Cc1c(C#N)cccc1[C@@H](N)Nc1nnc(CN(C)C(=O)OC(C)(C)C)c2cnc(N3C[C@H]4C[C@@H]3CO4)cc12. The number of pyridine rings is 1. The van der Waals surface area contributed by atoms with E-state index in [1.807, 2.05) is 45.9 Å². The molecule has 4 heterocycles. The van der Waals surface area contributed by atoms with E-state index in [0.29, 0.717) is 29.7 Å². The highest BCUT2D eigenvalue weighted by Crippen LogP contribution is 2.35. The minimum absolute atomic E-state index is 0.192. The molecule has 2 aliphatic rings. The number of benzene rings is 1. The molecule has 2 fully saturated rings. The predicted octanol–water partition coefficient (Wildman–Crippen LogP) is 3.62. The standard InChI is InChI=1S/C28H34N8O3/c1-16-17(11-29)7-6-8-20(16)25(30)32-26-21-10-24(36-13-19-9-18(36)15-38-19)31-12-22(21)23(33-34-26)14-35(5)27(37)39-28(2,3)4/h6-8,10,12,18-19,25H,9,13-15,30H2,1-5H3,(H,32,34)/t18-,19-,25+/m1/s1. The van der Waals surface area contributed by atoms with Gasteiger partial charge in [-0.2, -0.15) is 10.4 Å². The monoisotopic (exact) mass is 530 g/mol. The Bertz CT molecular complexity index is 1450. The molecule has 204 valence electrons. The first-order valence-corrected chi connectivity index (χ1v) is 13.0. The summed E-state index contributed by atoms with van der Waals surface area (Å²) in [5.74, 6) is 1.32. The molecule has 5 rings (SSSR count). The van der Waals surface area contributed by atoms with Crippen LogP contribution in [0.2, 0.25) is 0 Å². The quantitative estimate of drug-likeness (QED) is 0.454. The Hall–Kier alpha value is -4.01. The van der Waals surface area contributed by atoms with E-state index in [2.05, 4.69) is 26.5 Å². The van der Waals surface area contributed by atoms with E-state index in [4.69, 9.17) is 20.2 Å². The van der Waals surface area contributed by atoms with Gasteiger partial charge in [0.05, 0.1) is 42.6 Å². The van der Waals surface area contributed by atoms with Crippen molar-refractivity contribution in [2.24, 2.45) is 5.73 Å². The minimum atomic E-state index is -0.626. The summed E-state index contributed by atoms with van der Waals surface area (Å²) in [6, 6.07) is 9.97. The van der Waals surface area contributed by atoms with Crippen LogP contribution in [0.3, 0.4) is 0 Å². The summed E-state index contributed by atoms with van der Waals surface area (Å²) >= 11 is 0. The van der Waals surface area contributed by atoms with Crippen LogP contribution in [0, 0.1) is 18.3 Å². The maximum atomic E-state index is 12.6. The molecule has 1 amide bonds. The first kappa shape index (κ1) is 26.6. The van der Waals surface area contributed by atoms with Gasteiger partial charge in [0.1, 0.15) is 17.6 Å². The number of nitrogens with two attached hydrogens (primary N) is 1. The second-order valence-electron chi connectivity index (χ2n) is 11.2. The minimum Gasteiger partial charge on any atom is -0.444 e. The van der Waals surface area contributed by atoms with Crippen LogP contribution in [-0.2, 0) is 16.0 Å². The van der Waals surface area contributed by atoms with Gasteiger partial charge in [0.2, 0.25) is 0 Å². The normalized spacial score (nSPS) is 19.2. The Labute approximate surface area is 227 Å².